The smallest absolute Gasteiger partial charge is 0.325 e. The van der Waals surface area contributed by atoms with E-state index in [1.165, 1.54) is 21.1 Å². The molecular weight excluding hydrogens is 474 g/mol. The third kappa shape index (κ3) is 4.18. The van der Waals surface area contributed by atoms with Crippen LogP contribution in [0.25, 0.3) is 0 Å². The van der Waals surface area contributed by atoms with Gasteiger partial charge in [0.15, 0.2) is 5.54 Å². The topological polar surface area (TPSA) is 82.6 Å². The molecule has 0 aliphatic carbocycles. The van der Waals surface area contributed by atoms with Crippen molar-refractivity contribution in [2.45, 2.75) is 24.9 Å². The third-order valence-electron chi connectivity index (χ3n) is 6.67. The fraction of sp³-hybridized carbons (Fsp3) is 0.280. The van der Waals surface area contributed by atoms with Crippen molar-refractivity contribution in [1.82, 2.24) is 20.1 Å². The summed E-state index contributed by atoms with van der Waals surface area (Å²) >= 11 is 1.49. The van der Waals surface area contributed by atoms with Crippen LogP contribution in [0, 0.1) is 17.6 Å². The van der Waals surface area contributed by atoms with Crippen LogP contribution < -0.4 is 5.32 Å². The maximum Gasteiger partial charge on any atom is 0.325 e. The summed E-state index contributed by atoms with van der Waals surface area (Å²) < 4.78 is 27.2. The molecule has 3 aromatic rings. The lowest BCUT2D eigenvalue weighted by Crippen LogP contribution is -2.54. The Hall–Kier alpha value is -3.66. The van der Waals surface area contributed by atoms with Crippen LogP contribution in [-0.4, -0.2) is 45.7 Å². The van der Waals surface area contributed by atoms with E-state index in [1.807, 2.05) is 16.8 Å². The van der Waals surface area contributed by atoms with Crippen LogP contribution in [0.15, 0.2) is 59.6 Å². The molecule has 2 aromatic heterocycles. The molecule has 1 N–H and O–H groups in total. The Kier molecular flexibility index (Phi) is 6.06. The van der Waals surface area contributed by atoms with Gasteiger partial charge < -0.3 is 10.2 Å². The fourth-order valence-corrected chi connectivity index (χ4v) is 5.64. The minimum Gasteiger partial charge on any atom is -0.339 e. The summed E-state index contributed by atoms with van der Waals surface area (Å²) in [5.74, 6) is -2.76. The zero-order valence-electron chi connectivity index (χ0n) is 18.6. The molecule has 1 aromatic carbocycles. The maximum atomic E-state index is 13.8. The number of nitrogens with one attached hydrogen (secondary N) is 1. The monoisotopic (exact) mass is 496 g/mol. The van der Waals surface area contributed by atoms with Gasteiger partial charge in [-0.3, -0.25) is 19.5 Å². The zero-order valence-corrected chi connectivity index (χ0v) is 19.4. The number of imide groups is 1. The van der Waals surface area contributed by atoms with Crippen molar-refractivity contribution in [2.24, 2.45) is 5.92 Å². The van der Waals surface area contributed by atoms with Gasteiger partial charge in [0.1, 0.15) is 11.6 Å². The van der Waals surface area contributed by atoms with Crippen LogP contribution in [0.3, 0.4) is 0 Å². The van der Waals surface area contributed by atoms with Gasteiger partial charge in [-0.2, -0.15) is 11.3 Å². The molecule has 180 valence electrons. The summed E-state index contributed by atoms with van der Waals surface area (Å²) in [6.07, 6.45) is 4.01. The fourth-order valence-electron chi connectivity index (χ4n) is 4.98. The molecule has 7 nitrogen and oxygen atoms in total. The minimum atomic E-state index is -1.30. The Bertz CT molecular complexity index is 1240. The van der Waals surface area contributed by atoms with E-state index in [4.69, 9.17) is 0 Å². The van der Waals surface area contributed by atoms with Crippen molar-refractivity contribution in [1.29, 1.82) is 0 Å². The van der Waals surface area contributed by atoms with E-state index >= 15 is 0 Å². The lowest BCUT2D eigenvalue weighted by molar-refractivity contribution is -0.134. The molecular formula is C25H22F2N4O3S. The number of hydrogen-bond donors (Lipinski definition) is 1. The first-order chi connectivity index (χ1) is 16.9. The number of hydrogen-bond acceptors (Lipinski definition) is 5. The van der Waals surface area contributed by atoms with E-state index in [0.29, 0.717) is 18.4 Å². The molecule has 0 unspecified atom stereocenters. The van der Waals surface area contributed by atoms with Gasteiger partial charge in [0.2, 0.25) is 0 Å². The largest absolute Gasteiger partial charge is 0.339 e. The number of halogens is 2. The molecule has 2 fully saturated rings. The van der Waals surface area contributed by atoms with Gasteiger partial charge in [0.25, 0.3) is 11.8 Å². The Balaban J connectivity index is 1.40. The standard InChI is InChI=1S/C25H22F2N4O3S/c26-20-10-17(11-21(27)12-20)22(32)30-7-3-18(4-8-30)25(19-2-1-6-28-13-19)23(33)31(24(34)29-25)14-16-5-9-35-15-16/h1-2,5-6,9-13,15,18H,3-4,7-8,14H2,(H,29,34)/t25-/m1/s1. The quantitative estimate of drug-likeness (QED) is 0.543. The van der Waals surface area contributed by atoms with Crippen molar-refractivity contribution in [3.05, 3.63) is 87.9 Å². The summed E-state index contributed by atoms with van der Waals surface area (Å²) in [4.78, 5) is 46.6. The minimum absolute atomic E-state index is 0.0601. The highest BCUT2D eigenvalue weighted by Gasteiger charge is 2.57. The molecule has 2 aliphatic rings. The first-order valence-corrected chi connectivity index (χ1v) is 12.1. The van der Waals surface area contributed by atoms with Crippen LogP contribution in [0.4, 0.5) is 13.6 Å². The summed E-state index contributed by atoms with van der Waals surface area (Å²) in [6, 6.07) is 7.63. The Morgan fingerprint density at radius 2 is 1.89 bits per heavy atom. The SMILES string of the molecule is O=C(c1cc(F)cc(F)c1)N1CCC([C@]2(c3cccnc3)NC(=O)N(Cc3ccsc3)C2=O)CC1. The first-order valence-electron chi connectivity index (χ1n) is 11.2. The molecule has 5 rings (SSSR count). The normalized spacial score (nSPS) is 20.9. The molecule has 4 heterocycles. The molecule has 4 amide bonds. The number of pyridine rings is 1. The highest BCUT2D eigenvalue weighted by atomic mass is 32.1. The molecule has 0 radical (unpaired) electrons. The number of urea groups is 1. The number of aromatic nitrogens is 1. The van der Waals surface area contributed by atoms with Gasteiger partial charge in [0, 0.05) is 42.7 Å². The van der Waals surface area contributed by atoms with Crippen molar-refractivity contribution in [3.63, 3.8) is 0 Å². The molecule has 1 atom stereocenters. The van der Waals surface area contributed by atoms with Gasteiger partial charge in [0.05, 0.1) is 6.54 Å². The molecule has 0 spiro atoms. The number of piperidine rings is 1. The van der Waals surface area contributed by atoms with Crippen LogP contribution in [-0.2, 0) is 16.9 Å². The van der Waals surface area contributed by atoms with Gasteiger partial charge in [-0.1, -0.05) is 6.07 Å². The number of amides is 4. The van der Waals surface area contributed by atoms with Gasteiger partial charge in [-0.15, -0.1) is 0 Å². The number of likely N-dealkylation sites (tertiary alicyclic amines) is 1. The predicted octanol–water partition coefficient (Wildman–Crippen LogP) is 3.92. The Morgan fingerprint density at radius 3 is 2.51 bits per heavy atom. The van der Waals surface area contributed by atoms with E-state index < -0.39 is 29.1 Å². The highest BCUT2D eigenvalue weighted by Crippen LogP contribution is 2.41. The van der Waals surface area contributed by atoms with Crippen LogP contribution in [0.1, 0.15) is 34.3 Å². The van der Waals surface area contributed by atoms with Crippen molar-refractivity contribution < 1.29 is 23.2 Å². The zero-order chi connectivity index (χ0) is 24.6. The lowest BCUT2D eigenvalue weighted by Gasteiger charge is -2.41. The number of benzene rings is 1. The van der Waals surface area contributed by atoms with E-state index in [0.717, 1.165) is 23.8 Å². The van der Waals surface area contributed by atoms with Crippen LogP contribution in [0.5, 0.6) is 0 Å². The molecule has 10 heteroatoms. The average molecular weight is 497 g/mol. The number of carbonyl (C=O) groups is 3. The van der Waals surface area contributed by atoms with Crippen molar-refractivity contribution >= 4 is 29.2 Å². The summed E-state index contributed by atoms with van der Waals surface area (Å²) in [5, 5.41) is 6.74. The number of carbonyl (C=O) groups excluding carboxylic acids is 3. The van der Waals surface area contributed by atoms with Gasteiger partial charge in [-0.25, -0.2) is 13.6 Å². The van der Waals surface area contributed by atoms with Crippen molar-refractivity contribution in [3.8, 4) is 0 Å². The maximum absolute atomic E-state index is 13.8. The first kappa shape index (κ1) is 23.1. The second kappa shape index (κ2) is 9.18. The van der Waals surface area contributed by atoms with Crippen molar-refractivity contribution in [2.75, 3.05) is 13.1 Å². The molecule has 35 heavy (non-hydrogen) atoms. The summed E-state index contributed by atoms with van der Waals surface area (Å²) in [7, 11) is 0. The lowest BCUT2D eigenvalue weighted by atomic mass is 9.73. The average Bonchev–Trinajstić information content (AvgIpc) is 3.46. The summed E-state index contributed by atoms with van der Waals surface area (Å²) in [6.45, 7) is 0.716. The van der Waals surface area contributed by atoms with Crippen LogP contribution >= 0.6 is 11.3 Å². The van der Waals surface area contributed by atoms with Crippen LogP contribution in [0.2, 0.25) is 0 Å². The predicted molar refractivity (Wildman–Crippen MR) is 124 cm³/mol. The number of thiophene rings is 1. The number of nitrogens with zero attached hydrogens (tertiary/aromatic N) is 3. The molecule has 2 aliphatic heterocycles. The van der Waals surface area contributed by atoms with E-state index in [1.54, 1.807) is 24.5 Å². The second-order valence-corrected chi connectivity index (χ2v) is 9.51. The molecule has 0 bridgehead atoms. The van der Waals surface area contributed by atoms with E-state index in [-0.39, 0.29) is 37.0 Å². The Morgan fingerprint density at radius 1 is 1.14 bits per heavy atom. The third-order valence-corrected chi connectivity index (χ3v) is 7.41. The van der Waals surface area contributed by atoms with E-state index in [9.17, 15) is 23.2 Å². The van der Waals surface area contributed by atoms with Gasteiger partial charge in [-0.05, 0) is 59.3 Å². The van der Waals surface area contributed by atoms with E-state index in [2.05, 4.69) is 10.3 Å². The number of rotatable bonds is 5. The highest BCUT2D eigenvalue weighted by molar-refractivity contribution is 7.07. The Labute approximate surface area is 204 Å². The molecule has 2 saturated heterocycles. The molecule has 0 saturated carbocycles. The van der Waals surface area contributed by atoms with Gasteiger partial charge >= 0.3 is 6.03 Å². The summed E-state index contributed by atoms with van der Waals surface area (Å²) in [5.41, 5.74) is 0.0862. The second-order valence-electron chi connectivity index (χ2n) is 8.73.